The standard InChI is InChI=1S/C15H22N4O2/c1-10(2)15(21)19-8-4-5-11(9-19)18-14-12(13(16)20)6-3-7-17-14/h3,6-7,10-11H,4-5,8-9H2,1-2H3,(H2,16,20)(H,17,18)/t11-/m1/s1. The van der Waals surface area contributed by atoms with Crippen LogP contribution in [0.5, 0.6) is 0 Å². The summed E-state index contributed by atoms with van der Waals surface area (Å²) in [6, 6.07) is 3.42. The van der Waals surface area contributed by atoms with Gasteiger partial charge in [0, 0.05) is 31.2 Å². The van der Waals surface area contributed by atoms with Crippen molar-refractivity contribution < 1.29 is 9.59 Å². The summed E-state index contributed by atoms with van der Waals surface area (Å²) in [6.45, 7) is 5.23. The fourth-order valence-corrected chi connectivity index (χ4v) is 2.57. The molecule has 0 aromatic carbocycles. The zero-order chi connectivity index (χ0) is 15.4. The molecule has 1 fully saturated rings. The summed E-state index contributed by atoms with van der Waals surface area (Å²) in [4.78, 5) is 29.5. The van der Waals surface area contributed by atoms with Gasteiger partial charge in [-0.05, 0) is 25.0 Å². The number of anilines is 1. The van der Waals surface area contributed by atoms with E-state index >= 15 is 0 Å². The van der Waals surface area contributed by atoms with Gasteiger partial charge in [-0.15, -0.1) is 0 Å². The predicted octanol–water partition coefficient (Wildman–Crippen LogP) is 1.24. The molecule has 1 aliphatic rings. The Morgan fingerprint density at radius 1 is 1.48 bits per heavy atom. The highest BCUT2D eigenvalue weighted by Gasteiger charge is 2.25. The van der Waals surface area contributed by atoms with E-state index in [4.69, 9.17) is 5.73 Å². The van der Waals surface area contributed by atoms with Gasteiger partial charge >= 0.3 is 0 Å². The van der Waals surface area contributed by atoms with E-state index in [2.05, 4.69) is 10.3 Å². The summed E-state index contributed by atoms with van der Waals surface area (Å²) >= 11 is 0. The number of nitrogens with two attached hydrogens (primary N) is 1. The van der Waals surface area contributed by atoms with E-state index in [1.807, 2.05) is 18.7 Å². The second-order valence-electron chi connectivity index (χ2n) is 5.69. The van der Waals surface area contributed by atoms with E-state index in [0.29, 0.717) is 17.9 Å². The Balaban J connectivity index is 2.06. The minimum Gasteiger partial charge on any atom is -0.365 e. The van der Waals surface area contributed by atoms with Crippen LogP contribution in [-0.2, 0) is 4.79 Å². The number of pyridine rings is 1. The number of rotatable bonds is 4. The zero-order valence-corrected chi connectivity index (χ0v) is 12.5. The topological polar surface area (TPSA) is 88.3 Å². The molecule has 1 saturated heterocycles. The molecule has 2 rings (SSSR count). The highest BCUT2D eigenvalue weighted by Crippen LogP contribution is 2.18. The molecule has 6 heteroatoms. The molecule has 0 aliphatic carbocycles. The molecule has 0 unspecified atom stereocenters. The first-order valence-electron chi connectivity index (χ1n) is 7.29. The summed E-state index contributed by atoms with van der Waals surface area (Å²) in [7, 11) is 0. The van der Waals surface area contributed by atoms with Crippen molar-refractivity contribution in [3.63, 3.8) is 0 Å². The molecule has 0 radical (unpaired) electrons. The van der Waals surface area contributed by atoms with Crippen molar-refractivity contribution in [2.24, 2.45) is 11.7 Å². The van der Waals surface area contributed by atoms with Gasteiger partial charge in [0.25, 0.3) is 5.91 Å². The summed E-state index contributed by atoms with van der Waals surface area (Å²) < 4.78 is 0. The van der Waals surface area contributed by atoms with Crippen LogP contribution in [0.3, 0.4) is 0 Å². The number of nitrogens with zero attached hydrogens (tertiary/aromatic N) is 2. The van der Waals surface area contributed by atoms with Crippen LogP contribution in [0.15, 0.2) is 18.3 Å². The van der Waals surface area contributed by atoms with Crippen molar-refractivity contribution in [1.82, 2.24) is 9.88 Å². The van der Waals surface area contributed by atoms with E-state index < -0.39 is 5.91 Å². The Bertz CT molecular complexity index is 530. The molecule has 6 nitrogen and oxygen atoms in total. The Morgan fingerprint density at radius 3 is 2.90 bits per heavy atom. The highest BCUT2D eigenvalue weighted by molar-refractivity contribution is 5.97. The van der Waals surface area contributed by atoms with Gasteiger partial charge in [-0.25, -0.2) is 4.98 Å². The summed E-state index contributed by atoms with van der Waals surface area (Å²) in [6.07, 6.45) is 3.50. The fourth-order valence-electron chi connectivity index (χ4n) is 2.57. The maximum Gasteiger partial charge on any atom is 0.252 e. The van der Waals surface area contributed by atoms with Crippen molar-refractivity contribution in [2.75, 3.05) is 18.4 Å². The van der Waals surface area contributed by atoms with Crippen molar-refractivity contribution in [2.45, 2.75) is 32.7 Å². The average Bonchev–Trinajstić information content (AvgIpc) is 2.47. The van der Waals surface area contributed by atoms with Crippen LogP contribution in [-0.4, -0.2) is 40.8 Å². The van der Waals surface area contributed by atoms with E-state index in [1.54, 1.807) is 18.3 Å². The number of carbonyl (C=O) groups excluding carboxylic acids is 2. The van der Waals surface area contributed by atoms with Gasteiger partial charge < -0.3 is 16.0 Å². The Labute approximate surface area is 124 Å². The van der Waals surface area contributed by atoms with Gasteiger partial charge in [-0.2, -0.15) is 0 Å². The first-order chi connectivity index (χ1) is 9.99. The number of primary amides is 1. The highest BCUT2D eigenvalue weighted by atomic mass is 16.2. The quantitative estimate of drug-likeness (QED) is 0.873. The molecule has 1 aromatic heterocycles. The number of hydrogen-bond donors (Lipinski definition) is 2. The molecule has 0 spiro atoms. The monoisotopic (exact) mass is 290 g/mol. The number of carbonyl (C=O) groups is 2. The number of amides is 2. The molecule has 1 atom stereocenters. The third-order valence-corrected chi connectivity index (χ3v) is 3.64. The molecule has 0 saturated carbocycles. The summed E-state index contributed by atoms with van der Waals surface area (Å²) in [5.74, 6) is 0.155. The third kappa shape index (κ3) is 3.71. The van der Waals surface area contributed by atoms with Gasteiger partial charge in [0.2, 0.25) is 5.91 Å². The largest absolute Gasteiger partial charge is 0.365 e. The lowest BCUT2D eigenvalue weighted by atomic mass is 10.0. The van der Waals surface area contributed by atoms with Crippen LogP contribution < -0.4 is 11.1 Å². The summed E-state index contributed by atoms with van der Waals surface area (Å²) in [5, 5.41) is 3.25. The fraction of sp³-hybridized carbons (Fsp3) is 0.533. The van der Waals surface area contributed by atoms with Crippen LogP contribution in [0.2, 0.25) is 0 Å². The zero-order valence-electron chi connectivity index (χ0n) is 12.5. The predicted molar refractivity (Wildman–Crippen MR) is 80.8 cm³/mol. The van der Waals surface area contributed by atoms with Crippen LogP contribution in [0.25, 0.3) is 0 Å². The number of likely N-dealkylation sites (tertiary alicyclic amines) is 1. The van der Waals surface area contributed by atoms with Crippen LogP contribution in [0.1, 0.15) is 37.0 Å². The van der Waals surface area contributed by atoms with Crippen LogP contribution >= 0.6 is 0 Å². The number of nitrogens with one attached hydrogen (secondary N) is 1. The second kappa shape index (κ2) is 6.56. The maximum absolute atomic E-state index is 12.1. The molecule has 3 N–H and O–H groups in total. The Morgan fingerprint density at radius 2 is 2.24 bits per heavy atom. The van der Waals surface area contributed by atoms with Gasteiger partial charge in [-0.3, -0.25) is 9.59 Å². The minimum absolute atomic E-state index is 0.000203. The molecule has 114 valence electrons. The van der Waals surface area contributed by atoms with Crippen molar-refractivity contribution in [1.29, 1.82) is 0 Å². The van der Waals surface area contributed by atoms with Gasteiger partial charge in [0.15, 0.2) is 0 Å². The first kappa shape index (κ1) is 15.3. The average molecular weight is 290 g/mol. The number of aromatic nitrogens is 1. The van der Waals surface area contributed by atoms with Gasteiger partial charge in [0.1, 0.15) is 5.82 Å². The molecule has 1 aliphatic heterocycles. The lowest BCUT2D eigenvalue weighted by Crippen LogP contribution is -2.46. The van der Waals surface area contributed by atoms with Crippen LogP contribution in [0.4, 0.5) is 5.82 Å². The Kier molecular flexibility index (Phi) is 4.77. The number of piperidine rings is 1. The maximum atomic E-state index is 12.1. The van der Waals surface area contributed by atoms with E-state index in [-0.39, 0.29) is 17.9 Å². The van der Waals surface area contributed by atoms with E-state index in [9.17, 15) is 9.59 Å². The summed E-state index contributed by atoms with van der Waals surface area (Å²) in [5.41, 5.74) is 5.73. The molecule has 1 aromatic rings. The smallest absolute Gasteiger partial charge is 0.252 e. The lowest BCUT2D eigenvalue weighted by Gasteiger charge is -2.34. The normalized spacial score (nSPS) is 18.6. The molecule has 2 heterocycles. The molecule has 0 bridgehead atoms. The van der Waals surface area contributed by atoms with Crippen LogP contribution in [0, 0.1) is 5.92 Å². The third-order valence-electron chi connectivity index (χ3n) is 3.64. The van der Waals surface area contributed by atoms with Gasteiger partial charge in [0.05, 0.1) is 5.56 Å². The van der Waals surface area contributed by atoms with E-state index in [1.165, 1.54) is 0 Å². The molecule has 21 heavy (non-hydrogen) atoms. The lowest BCUT2D eigenvalue weighted by molar-refractivity contribution is -0.135. The first-order valence-corrected chi connectivity index (χ1v) is 7.29. The second-order valence-corrected chi connectivity index (χ2v) is 5.69. The SMILES string of the molecule is CC(C)C(=O)N1CCC[C@@H](Nc2ncccc2C(N)=O)C1. The minimum atomic E-state index is -0.503. The van der Waals surface area contributed by atoms with Crippen molar-refractivity contribution >= 4 is 17.6 Å². The van der Waals surface area contributed by atoms with E-state index in [0.717, 1.165) is 19.4 Å². The van der Waals surface area contributed by atoms with Crippen molar-refractivity contribution in [3.05, 3.63) is 23.9 Å². The molecular formula is C15H22N4O2. The molecule has 2 amide bonds. The molecular weight excluding hydrogens is 268 g/mol. The van der Waals surface area contributed by atoms with Crippen molar-refractivity contribution in [3.8, 4) is 0 Å². The van der Waals surface area contributed by atoms with Gasteiger partial charge in [-0.1, -0.05) is 13.8 Å². The number of hydrogen-bond acceptors (Lipinski definition) is 4. The Hall–Kier alpha value is -2.11.